The summed E-state index contributed by atoms with van der Waals surface area (Å²) in [6.45, 7) is 4.21. The number of anilines is 2. The van der Waals surface area contributed by atoms with Crippen molar-refractivity contribution in [3.8, 4) is 22.5 Å². The van der Waals surface area contributed by atoms with E-state index >= 15 is 0 Å². The van der Waals surface area contributed by atoms with Gasteiger partial charge in [0.15, 0.2) is 11.6 Å². The lowest BCUT2D eigenvalue weighted by Gasteiger charge is -2.25. The molecule has 0 saturated carbocycles. The molecule has 6 nitrogen and oxygen atoms in total. The number of nitrogen functional groups attached to an aromatic ring is 1. The van der Waals surface area contributed by atoms with E-state index in [0.717, 1.165) is 22.0 Å². The van der Waals surface area contributed by atoms with E-state index in [1.54, 1.807) is 18.5 Å². The van der Waals surface area contributed by atoms with Crippen LogP contribution in [0.25, 0.3) is 33.4 Å². The SMILES string of the molecule is CC(C)(CNc1nc(-c2ccc3ncccc3c2)c(-c2ccccc2)nc1N)c1ncccc1F. The van der Waals surface area contributed by atoms with Crippen molar-refractivity contribution in [2.75, 3.05) is 17.6 Å². The molecule has 0 radical (unpaired) electrons. The van der Waals surface area contributed by atoms with Crippen LogP contribution >= 0.6 is 0 Å². The summed E-state index contributed by atoms with van der Waals surface area (Å²) in [5.41, 5.74) is 10.2. The van der Waals surface area contributed by atoms with Crippen molar-refractivity contribution in [2.24, 2.45) is 0 Å². The molecule has 2 aromatic carbocycles. The van der Waals surface area contributed by atoms with Gasteiger partial charge < -0.3 is 11.1 Å². The van der Waals surface area contributed by atoms with Crippen LogP contribution in [0.3, 0.4) is 0 Å². The third-order valence-electron chi connectivity index (χ3n) is 5.94. The Hall–Kier alpha value is -4.39. The van der Waals surface area contributed by atoms with Gasteiger partial charge in [0.25, 0.3) is 0 Å². The van der Waals surface area contributed by atoms with E-state index in [9.17, 15) is 4.39 Å². The van der Waals surface area contributed by atoms with E-state index in [4.69, 9.17) is 15.7 Å². The van der Waals surface area contributed by atoms with Crippen LogP contribution < -0.4 is 11.1 Å². The van der Waals surface area contributed by atoms with Crippen LogP contribution in [0.4, 0.5) is 16.0 Å². The van der Waals surface area contributed by atoms with Gasteiger partial charge in [0.1, 0.15) is 5.82 Å². The van der Waals surface area contributed by atoms with Gasteiger partial charge in [-0.3, -0.25) is 9.97 Å². The van der Waals surface area contributed by atoms with Crippen LogP contribution in [0.15, 0.2) is 85.2 Å². The lowest BCUT2D eigenvalue weighted by Crippen LogP contribution is -2.30. The number of nitrogens with zero attached hydrogens (tertiary/aromatic N) is 4. The standard InChI is InChI=1S/C28H25FN6/c1-28(2,25-21(29)11-7-15-32-25)17-33-27-26(30)34-23(18-8-4-3-5-9-18)24(35-27)20-12-13-22-19(16-20)10-6-14-31-22/h3-16H,17H2,1-2H3,(H2,30,34)(H,33,35). The molecule has 5 rings (SSSR count). The molecule has 0 unspecified atom stereocenters. The van der Waals surface area contributed by atoms with Crippen molar-refractivity contribution in [1.29, 1.82) is 0 Å². The van der Waals surface area contributed by atoms with E-state index in [1.165, 1.54) is 6.07 Å². The van der Waals surface area contributed by atoms with Gasteiger partial charge in [-0.15, -0.1) is 0 Å². The minimum absolute atomic E-state index is 0.271. The van der Waals surface area contributed by atoms with Gasteiger partial charge >= 0.3 is 0 Å². The van der Waals surface area contributed by atoms with Crippen LogP contribution in [0, 0.1) is 5.82 Å². The highest BCUT2D eigenvalue weighted by Gasteiger charge is 2.26. The fourth-order valence-corrected chi connectivity index (χ4v) is 4.07. The van der Waals surface area contributed by atoms with Gasteiger partial charge in [-0.1, -0.05) is 56.3 Å². The minimum Gasteiger partial charge on any atom is -0.381 e. The summed E-state index contributed by atoms with van der Waals surface area (Å²) in [4.78, 5) is 18.3. The Morgan fingerprint density at radius 2 is 1.57 bits per heavy atom. The molecule has 0 fully saturated rings. The van der Waals surface area contributed by atoms with E-state index in [-0.39, 0.29) is 11.6 Å². The van der Waals surface area contributed by atoms with Crippen LogP contribution in [-0.4, -0.2) is 26.5 Å². The molecule has 5 aromatic rings. The number of aromatic nitrogens is 4. The normalized spacial score (nSPS) is 11.5. The molecule has 3 heterocycles. The molecule has 35 heavy (non-hydrogen) atoms. The van der Waals surface area contributed by atoms with Crippen LogP contribution in [0.1, 0.15) is 19.5 Å². The molecule has 0 bridgehead atoms. The van der Waals surface area contributed by atoms with Crippen molar-refractivity contribution < 1.29 is 4.39 Å². The molecule has 0 saturated heterocycles. The Morgan fingerprint density at radius 3 is 2.37 bits per heavy atom. The van der Waals surface area contributed by atoms with E-state index < -0.39 is 5.41 Å². The second kappa shape index (κ2) is 9.10. The summed E-state index contributed by atoms with van der Waals surface area (Å²) in [7, 11) is 0. The quantitative estimate of drug-likeness (QED) is 0.327. The number of benzene rings is 2. The Balaban J connectivity index is 1.57. The predicted octanol–water partition coefficient (Wildman–Crippen LogP) is 5.86. The summed E-state index contributed by atoms with van der Waals surface area (Å²) in [5, 5.41) is 4.29. The number of halogens is 1. The summed E-state index contributed by atoms with van der Waals surface area (Å²) in [6, 6.07) is 22.8. The fraction of sp³-hybridized carbons (Fsp3) is 0.143. The Labute approximate surface area is 203 Å². The molecule has 7 heteroatoms. The molecule has 0 atom stereocenters. The second-order valence-electron chi connectivity index (χ2n) is 9.00. The number of hydrogen-bond donors (Lipinski definition) is 2. The van der Waals surface area contributed by atoms with Gasteiger partial charge in [0, 0.05) is 40.9 Å². The van der Waals surface area contributed by atoms with Crippen LogP contribution in [0.2, 0.25) is 0 Å². The van der Waals surface area contributed by atoms with Crippen molar-refractivity contribution in [1.82, 2.24) is 19.9 Å². The maximum absolute atomic E-state index is 14.4. The lowest BCUT2D eigenvalue weighted by atomic mass is 9.88. The molecule has 3 N–H and O–H groups in total. The van der Waals surface area contributed by atoms with Crippen molar-refractivity contribution in [2.45, 2.75) is 19.3 Å². The third kappa shape index (κ3) is 4.53. The fourth-order valence-electron chi connectivity index (χ4n) is 4.07. The molecule has 3 aromatic heterocycles. The maximum atomic E-state index is 14.4. The predicted molar refractivity (Wildman–Crippen MR) is 138 cm³/mol. The molecule has 174 valence electrons. The zero-order chi connectivity index (χ0) is 24.4. The molecular formula is C28H25FN6. The summed E-state index contributed by atoms with van der Waals surface area (Å²) >= 11 is 0. The largest absolute Gasteiger partial charge is 0.381 e. The highest BCUT2D eigenvalue weighted by Crippen LogP contribution is 2.34. The number of nitrogens with two attached hydrogens (primary N) is 1. The minimum atomic E-state index is -0.605. The first-order valence-corrected chi connectivity index (χ1v) is 11.4. The lowest BCUT2D eigenvalue weighted by molar-refractivity contribution is 0.485. The average molecular weight is 465 g/mol. The number of hydrogen-bond acceptors (Lipinski definition) is 6. The monoisotopic (exact) mass is 464 g/mol. The Kier molecular flexibility index (Phi) is 5.82. The van der Waals surface area contributed by atoms with E-state index in [2.05, 4.69) is 15.3 Å². The summed E-state index contributed by atoms with van der Waals surface area (Å²) in [5.74, 6) is 0.367. The van der Waals surface area contributed by atoms with Gasteiger partial charge in [-0.25, -0.2) is 14.4 Å². The summed E-state index contributed by atoms with van der Waals surface area (Å²) < 4.78 is 14.4. The average Bonchev–Trinajstić information content (AvgIpc) is 2.88. The number of rotatable bonds is 6. The van der Waals surface area contributed by atoms with Crippen molar-refractivity contribution >= 4 is 22.5 Å². The zero-order valence-electron chi connectivity index (χ0n) is 19.5. The van der Waals surface area contributed by atoms with Crippen LogP contribution in [0.5, 0.6) is 0 Å². The molecule has 0 amide bonds. The highest BCUT2D eigenvalue weighted by molar-refractivity contribution is 5.88. The second-order valence-corrected chi connectivity index (χ2v) is 9.00. The third-order valence-corrected chi connectivity index (χ3v) is 5.94. The molecule has 0 aliphatic rings. The Morgan fingerprint density at radius 1 is 0.829 bits per heavy atom. The molecular weight excluding hydrogens is 439 g/mol. The van der Waals surface area contributed by atoms with E-state index in [1.807, 2.05) is 74.5 Å². The van der Waals surface area contributed by atoms with Gasteiger partial charge in [0.05, 0.1) is 22.6 Å². The first-order chi connectivity index (χ1) is 16.9. The van der Waals surface area contributed by atoms with E-state index in [0.29, 0.717) is 29.4 Å². The van der Waals surface area contributed by atoms with Crippen LogP contribution in [-0.2, 0) is 5.41 Å². The van der Waals surface area contributed by atoms with Gasteiger partial charge in [-0.2, -0.15) is 0 Å². The van der Waals surface area contributed by atoms with Gasteiger partial charge in [0.2, 0.25) is 0 Å². The first-order valence-electron chi connectivity index (χ1n) is 11.4. The van der Waals surface area contributed by atoms with Gasteiger partial charge in [-0.05, 0) is 30.3 Å². The highest BCUT2D eigenvalue weighted by atomic mass is 19.1. The molecule has 0 aliphatic carbocycles. The number of nitrogens with one attached hydrogen (secondary N) is 1. The maximum Gasteiger partial charge on any atom is 0.169 e. The first kappa shape index (κ1) is 22.4. The van der Waals surface area contributed by atoms with Crippen molar-refractivity contribution in [3.63, 3.8) is 0 Å². The summed E-state index contributed by atoms with van der Waals surface area (Å²) in [6.07, 6.45) is 3.37. The molecule has 0 aliphatic heterocycles. The number of fused-ring (bicyclic) bond motifs is 1. The number of pyridine rings is 2. The smallest absolute Gasteiger partial charge is 0.169 e. The molecule has 0 spiro atoms. The Bertz CT molecular complexity index is 1500. The zero-order valence-corrected chi connectivity index (χ0v) is 19.5. The van der Waals surface area contributed by atoms with Crippen molar-refractivity contribution in [3.05, 3.63) is 96.7 Å². The topological polar surface area (TPSA) is 89.6 Å².